The highest BCUT2D eigenvalue weighted by Crippen LogP contribution is 2.30. The van der Waals surface area contributed by atoms with Gasteiger partial charge in [-0.3, -0.25) is 4.79 Å². The predicted molar refractivity (Wildman–Crippen MR) is 127 cm³/mol. The molecule has 5 heteroatoms. The number of hydrogen-bond acceptors (Lipinski definition) is 3. The lowest BCUT2D eigenvalue weighted by Crippen LogP contribution is -2.14. The summed E-state index contributed by atoms with van der Waals surface area (Å²) >= 11 is 7.66. The van der Waals surface area contributed by atoms with E-state index in [1.54, 1.807) is 11.8 Å². The van der Waals surface area contributed by atoms with E-state index in [1.165, 1.54) is 5.56 Å². The topological polar surface area (TPSA) is 38.3 Å². The van der Waals surface area contributed by atoms with E-state index in [9.17, 15) is 4.79 Å². The first kappa shape index (κ1) is 22.3. The fraction of sp³-hybridized carbons (Fsp3) is 0.240. The Morgan fingerprint density at radius 1 is 1.00 bits per heavy atom. The van der Waals surface area contributed by atoms with Crippen LogP contribution in [0.2, 0.25) is 5.02 Å². The maximum Gasteiger partial charge on any atom is 0.255 e. The number of halogens is 1. The zero-order valence-electron chi connectivity index (χ0n) is 17.7. The van der Waals surface area contributed by atoms with Crippen molar-refractivity contribution in [2.75, 3.05) is 11.9 Å². The Hall–Kier alpha value is -2.43. The molecule has 3 rings (SSSR count). The lowest BCUT2D eigenvalue weighted by molar-refractivity contribution is 0.102. The van der Waals surface area contributed by atoms with Crippen LogP contribution in [0.5, 0.6) is 5.75 Å². The normalized spacial score (nSPS) is 10.7. The standard InChI is InChI=1S/C25H26ClNO2S/c1-5-29-23-11-6-19(14-20(23)15-30-22-9-7-21(26)8-10-22)25(28)27-24-17(3)12-16(2)13-18(24)4/h6-14H,5,15H2,1-4H3,(H,27,28). The van der Waals surface area contributed by atoms with Gasteiger partial charge in [-0.25, -0.2) is 0 Å². The summed E-state index contributed by atoms with van der Waals surface area (Å²) in [6, 6.07) is 17.5. The maximum absolute atomic E-state index is 13.0. The zero-order valence-corrected chi connectivity index (χ0v) is 19.3. The van der Waals surface area contributed by atoms with E-state index in [2.05, 4.69) is 24.4 Å². The molecule has 0 aliphatic heterocycles. The van der Waals surface area contributed by atoms with Crippen molar-refractivity contribution in [2.24, 2.45) is 0 Å². The molecular formula is C25H26ClNO2S. The van der Waals surface area contributed by atoms with Gasteiger partial charge in [-0.05, 0) is 81.3 Å². The van der Waals surface area contributed by atoms with Crippen molar-refractivity contribution in [2.45, 2.75) is 38.3 Å². The van der Waals surface area contributed by atoms with Gasteiger partial charge in [0, 0.05) is 32.5 Å². The van der Waals surface area contributed by atoms with Crippen LogP contribution in [-0.2, 0) is 5.75 Å². The molecule has 0 aliphatic carbocycles. The van der Waals surface area contributed by atoms with Crippen molar-refractivity contribution >= 4 is 35.0 Å². The largest absolute Gasteiger partial charge is 0.494 e. The van der Waals surface area contributed by atoms with Crippen molar-refractivity contribution in [1.29, 1.82) is 0 Å². The van der Waals surface area contributed by atoms with Gasteiger partial charge in [-0.15, -0.1) is 11.8 Å². The van der Waals surface area contributed by atoms with Gasteiger partial charge < -0.3 is 10.1 Å². The summed E-state index contributed by atoms with van der Waals surface area (Å²) in [5.41, 5.74) is 5.78. The number of benzene rings is 3. The van der Waals surface area contributed by atoms with E-state index >= 15 is 0 Å². The monoisotopic (exact) mass is 439 g/mol. The molecule has 0 spiro atoms. The molecule has 0 unspecified atom stereocenters. The predicted octanol–water partition coefficient (Wildman–Crippen LogP) is 7.21. The van der Waals surface area contributed by atoms with E-state index in [0.29, 0.717) is 17.9 Å². The van der Waals surface area contributed by atoms with Gasteiger partial charge in [-0.1, -0.05) is 29.3 Å². The van der Waals surface area contributed by atoms with Crippen molar-refractivity contribution < 1.29 is 9.53 Å². The summed E-state index contributed by atoms with van der Waals surface area (Å²) in [7, 11) is 0. The third-order valence-electron chi connectivity index (χ3n) is 4.75. The molecule has 1 N–H and O–H groups in total. The number of rotatable bonds is 7. The number of nitrogens with one attached hydrogen (secondary N) is 1. The molecule has 0 fully saturated rings. The summed E-state index contributed by atoms with van der Waals surface area (Å²) in [5, 5.41) is 3.80. The molecule has 3 nitrogen and oxygen atoms in total. The Balaban J connectivity index is 1.82. The minimum atomic E-state index is -0.120. The van der Waals surface area contributed by atoms with Gasteiger partial charge in [0.05, 0.1) is 6.61 Å². The smallest absolute Gasteiger partial charge is 0.255 e. The van der Waals surface area contributed by atoms with Gasteiger partial charge in [0.2, 0.25) is 0 Å². The molecule has 0 bridgehead atoms. The van der Waals surface area contributed by atoms with Gasteiger partial charge >= 0.3 is 0 Å². The number of thioether (sulfide) groups is 1. The van der Waals surface area contributed by atoms with E-state index < -0.39 is 0 Å². The minimum absolute atomic E-state index is 0.120. The highest BCUT2D eigenvalue weighted by Gasteiger charge is 2.14. The molecule has 3 aromatic rings. The molecule has 0 atom stereocenters. The van der Waals surface area contributed by atoms with E-state index in [4.69, 9.17) is 16.3 Å². The lowest BCUT2D eigenvalue weighted by atomic mass is 10.0. The quantitative estimate of drug-likeness (QED) is 0.395. The number of anilines is 1. The molecule has 1 amide bonds. The number of hydrogen-bond donors (Lipinski definition) is 1. The Labute approximate surface area is 187 Å². The Kier molecular flexibility index (Phi) is 7.46. The summed E-state index contributed by atoms with van der Waals surface area (Å²) in [6.45, 7) is 8.62. The van der Waals surface area contributed by atoms with Crippen LogP contribution in [0.1, 0.15) is 39.5 Å². The summed E-state index contributed by atoms with van der Waals surface area (Å²) in [5.74, 6) is 1.38. The van der Waals surface area contributed by atoms with Crippen LogP contribution in [0.3, 0.4) is 0 Å². The van der Waals surface area contributed by atoms with Crippen LogP contribution in [0.4, 0.5) is 5.69 Å². The molecule has 0 saturated heterocycles. The SMILES string of the molecule is CCOc1ccc(C(=O)Nc2c(C)cc(C)cc2C)cc1CSc1ccc(Cl)cc1. The molecule has 0 aromatic heterocycles. The van der Waals surface area contributed by atoms with Crippen molar-refractivity contribution in [3.05, 3.63) is 87.4 Å². The van der Waals surface area contributed by atoms with Crippen LogP contribution in [0, 0.1) is 20.8 Å². The second-order valence-electron chi connectivity index (χ2n) is 7.23. The summed E-state index contributed by atoms with van der Waals surface area (Å²) in [4.78, 5) is 14.1. The highest BCUT2D eigenvalue weighted by atomic mass is 35.5. The Morgan fingerprint density at radius 2 is 1.67 bits per heavy atom. The third kappa shape index (κ3) is 5.59. The summed E-state index contributed by atoms with van der Waals surface area (Å²) in [6.07, 6.45) is 0. The van der Waals surface area contributed by atoms with E-state index in [-0.39, 0.29) is 5.91 Å². The van der Waals surface area contributed by atoms with Crippen molar-refractivity contribution in [3.8, 4) is 5.75 Å². The van der Waals surface area contributed by atoms with Gasteiger partial charge in [0.1, 0.15) is 5.75 Å². The average molecular weight is 440 g/mol. The van der Waals surface area contributed by atoms with Crippen LogP contribution >= 0.6 is 23.4 Å². The number of carbonyl (C=O) groups excluding carboxylic acids is 1. The van der Waals surface area contributed by atoms with Crippen molar-refractivity contribution in [1.82, 2.24) is 0 Å². The second-order valence-corrected chi connectivity index (χ2v) is 8.71. The summed E-state index contributed by atoms with van der Waals surface area (Å²) < 4.78 is 5.78. The molecule has 0 radical (unpaired) electrons. The molecule has 0 aliphatic rings. The third-order valence-corrected chi connectivity index (χ3v) is 6.06. The van der Waals surface area contributed by atoms with E-state index in [1.807, 2.05) is 63.2 Å². The first-order chi connectivity index (χ1) is 14.4. The highest BCUT2D eigenvalue weighted by molar-refractivity contribution is 7.98. The molecule has 30 heavy (non-hydrogen) atoms. The van der Waals surface area contributed by atoms with Crippen LogP contribution in [0.25, 0.3) is 0 Å². The van der Waals surface area contributed by atoms with Crippen LogP contribution in [-0.4, -0.2) is 12.5 Å². The Bertz CT molecular complexity index is 1020. The minimum Gasteiger partial charge on any atom is -0.494 e. The Morgan fingerprint density at radius 3 is 2.30 bits per heavy atom. The fourth-order valence-corrected chi connectivity index (χ4v) is 4.39. The molecular weight excluding hydrogens is 414 g/mol. The number of carbonyl (C=O) groups is 1. The number of ether oxygens (including phenoxy) is 1. The van der Waals surface area contributed by atoms with E-state index in [0.717, 1.165) is 38.0 Å². The maximum atomic E-state index is 13.0. The number of aryl methyl sites for hydroxylation is 3. The van der Waals surface area contributed by atoms with Crippen molar-refractivity contribution in [3.63, 3.8) is 0 Å². The second kappa shape index (κ2) is 10.1. The van der Waals surface area contributed by atoms with Gasteiger partial charge in [0.15, 0.2) is 0 Å². The average Bonchev–Trinajstić information content (AvgIpc) is 2.71. The fourth-order valence-electron chi connectivity index (χ4n) is 3.38. The van der Waals surface area contributed by atoms with Crippen LogP contribution < -0.4 is 10.1 Å². The molecule has 0 heterocycles. The first-order valence-corrected chi connectivity index (χ1v) is 11.3. The van der Waals surface area contributed by atoms with Crippen LogP contribution in [0.15, 0.2) is 59.5 Å². The molecule has 3 aromatic carbocycles. The van der Waals surface area contributed by atoms with Gasteiger partial charge in [-0.2, -0.15) is 0 Å². The molecule has 156 valence electrons. The first-order valence-electron chi connectivity index (χ1n) is 9.90. The number of amides is 1. The van der Waals surface area contributed by atoms with Gasteiger partial charge in [0.25, 0.3) is 5.91 Å². The molecule has 0 saturated carbocycles. The zero-order chi connectivity index (χ0) is 21.7. The lowest BCUT2D eigenvalue weighted by Gasteiger charge is -2.15.